The van der Waals surface area contributed by atoms with Gasteiger partial charge in [0.2, 0.25) is 5.91 Å². The van der Waals surface area contributed by atoms with Crippen LogP contribution in [0.4, 0.5) is 0 Å². The summed E-state index contributed by atoms with van der Waals surface area (Å²) in [6.45, 7) is 1.33. The van der Waals surface area contributed by atoms with E-state index in [1.165, 1.54) is 0 Å². The van der Waals surface area contributed by atoms with E-state index in [0.717, 1.165) is 6.54 Å². The molecule has 1 aliphatic rings. The summed E-state index contributed by atoms with van der Waals surface area (Å²) in [5.41, 5.74) is 0. The summed E-state index contributed by atoms with van der Waals surface area (Å²) in [5, 5.41) is 8.28. The maximum Gasteiger partial charge on any atom is 0.223 e. The first kappa shape index (κ1) is 8.54. The van der Waals surface area contributed by atoms with Crippen LogP contribution in [0.25, 0.3) is 0 Å². The van der Waals surface area contributed by atoms with Gasteiger partial charge in [0.1, 0.15) is 0 Å². The molecule has 0 aromatic rings. The number of halogens is 1. The van der Waals surface area contributed by atoms with Gasteiger partial charge in [-0.3, -0.25) is 4.79 Å². The van der Waals surface area contributed by atoms with Gasteiger partial charge in [0.15, 0.2) is 0 Å². The van der Waals surface area contributed by atoms with Crippen LogP contribution in [0, 0.1) is 11.3 Å². The summed E-state index contributed by atoms with van der Waals surface area (Å²) in [5.74, 6) is 0.155. The van der Waals surface area contributed by atoms with Crippen LogP contribution in [0.3, 0.4) is 0 Å². The maximum atomic E-state index is 11.1. The molecule has 0 aromatic carbocycles. The number of hydrogen-bond donors (Lipinski definition) is 0. The van der Waals surface area contributed by atoms with Gasteiger partial charge in [0, 0.05) is 24.3 Å². The van der Waals surface area contributed by atoms with Crippen molar-refractivity contribution in [2.45, 2.75) is 17.7 Å². The van der Waals surface area contributed by atoms with Crippen molar-refractivity contribution < 1.29 is 4.79 Å². The second-order valence-corrected chi connectivity index (χ2v) is 3.84. The maximum absolute atomic E-state index is 11.1. The molecule has 1 aliphatic heterocycles. The van der Waals surface area contributed by atoms with Crippen LogP contribution < -0.4 is 0 Å². The minimum Gasteiger partial charge on any atom is -0.340 e. The molecular formula is C7H9BrN2O. The number of carbonyl (C=O) groups excluding carboxylic acids is 1. The molecule has 0 aromatic heterocycles. The molecule has 1 heterocycles. The first-order chi connectivity index (χ1) is 5.24. The zero-order valence-electron chi connectivity index (χ0n) is 6.09. The predicted octanol–water partition coefficient (Wildman–Crippen LogP) is 0.896. The average molecular weight is 217 g/mol. The van der Waals surface area contributed by atoms with Crippen LogP contribution in [0.15, 0.2) is 0 Å². The van der Waals surface area contributed by atoms with Gasteiger partial charge in [-0.25, -0.2) is 0 Å². The molecule has 3 nitrogen and oxygen atoms in total. The van der Waals surface area contributed by atoms with Gasteiger partial charge in [-0.1, -0.05) is 15.9 Å². The number of hydrogen-bond acceptors (Lipinski definition) is 2. The van der Waals surface area contributed by atoms with Crippen molar-refractivity contribution in [3.05, 3.63) is 0 Å². The molecule has 1 amide bonds. The number of carbonyl (C=O) groups is 1. The van der Waals surface area contributed by atoms with Crippen LogP contribution >= 0.6 is 15.9 Å². The lowest BCUT2D eigenvalue weighted by molar-refractivity contribution is -0.127. The summed E-state index contributed by atoms with van der Waals surface area (Å²) in [7, 11) is 0. The van der Waals surface area contributed by atoms with Gasteiger partial charge in [-0.15, -0.1) is 0 Å². The van der Waals surface area contributed by atoms with Crippen LogP contribution in [0.5, 0.6) is 0 Å². The van der Waals surface area contributed by atoms with Crippen molar-refractivity contribution in [3.63, 3.8) is 0 Å². The molecule has 0 spiro atoms. The Kier molecular flexibility index (Phi) is 2.89. The Morgan fingerprint density at radius 2 is 2.55 bits per heavy atom. The van der Waals surface area contributed by atoms with Gasteiger partial charge >= 0.3 is 0 Å². The molecule has 4 heteroatoms. The zero-order chi connectivity index (χ0) is 8.27. The Labute approximate surface area is 74.1 Å². The molecular weight excluding hydrogens is 208 g/mol. The molecule has 1 unspecified atom stereocenters. The van der Waals surface area contributed by atoms with E-state index in [2.05, 4.69) is 15.9 Å². The van der Waals surface area contributed by atoms with Gasteiger partial charge < -0.3 is 4.90 Å². The normalized spacial score (nSPS) is 23.8. The molecule has 0 aliphatic carbocycles. The third-order valence-electron chi connectivity index (χ3n) is 1.66. The lowest BCUT2D eigenvalue weighted by Crippen LogP contribution is -2.26. The molecule has 1 atom stereocenters. The molecule has 1 saturated heterocycles. The standard InChI is InChI=1S/C7H9BrN2O/c8-6-4-7(11)10(5-6)3-1-2-9/h6H,1,3-5H2. The van der Waals surface area contributed by atoms with Crippen molar-refractivity contribution in [2.24, 2.45) is 0 Å². The topological polar surface area (TPSA) is 44.1 Å². The fourth-order valence-electron chi connectivity index (χ4n) is 1.13. The third kappa shape index (κ3) is 2.19. The summed E-state index contributed by atoms with van der Waals surface area (Å²) < 4.78 is 0. The molecule has 0 N–H and O–H groups in total. The monoisotopic (exact) mass is 216 g/mol. The molecule has 11 heavy (non-hydrogen) atoms. The number of alkyl halides is 1. The van der Waals surface area contributed by atoms with E-state index in [1.54, 1.807) is 4.90 Å². The van der Waals surface area contributed by atoms with Crippen LogP contribution in [0.2, 0.25) is 0 Å². The van der Waals surface area contributed by atoms with E-state index in [1.807, 2.05) is 6.07 Å². The van der Waals surface area contributed by atoms with E-state index in [-0.39, 0.29) is 10.7 Å². The lowest BCUT2D eigenvalue weighted by Gasteiger charge is -2.12. The summed E-state index contributed by atoms with van der Waals surface area (Å²) in [4.78, 5) is 13.1. The van der Waals surface area contributed by atoms with E-state index >= 15 is 0 Å². The van der Waals surface area contributed by atoms with Crippen LogP contribution in [-0.4, -0.2) is 28.7 Å². The largest absolute Gasteiger partial charge is 0.340 e. The van der Waals surface area contributed by atoms with Gasteiger partial charge in [0.25, 0.3) is 0 Å². The molecule has 0 bridgehead atoms. The van der Waals surface area contributed by atoms with E-state index in [0.29, 0.717) is 19.4 Å². The van der Waals surface area contributed by atoms with Gasteiger partial charge in [0.05, 0.1) is 12.5 Å². The number of likely N-dealkylation sites (tertiary alicyclic amines) is 1. The minimum atomic E-state index is 0.155. The fraction of sp³-hybridized carbons (Fsp3) is 0.714. The van der Waals surface area contributed by atoms with Crippen molar-refractivity contribution in [2.75, 3.05) is 13.1 Å². The Balaban J connectivity index is 2.36. The molecule has 0 saturated carbocycles. The minimum absolute atomic E-state index is 0.155. The van der Waals surface area contributed by atoms with Crippen LogP contribution in [-0.2, 0) is 4.79 Å². The second-order valence-electron chi connectivity index (χ2n) is 2.55. The summed E-state index contributed by atoms with van der Waals surface area (Å²) in [6, 6.07) is 2.02. The van der Waals surface area contributed by atoms with E-state index < -0.39 is 0 Å². The Morgan fingerprint density at radius 3 is 3.00 bits per heavy atom. The Morgan fingerprint density at radius 1 is 1.82 bits per heavy atom. The molecule has 1 fully saturated rings. The first-order valence-electron chi connectivity index (χ1n) is 3.53. The number of amides is 1. The number of nitriles is 1. The Hall–Kier alpha value is -0.560. The summed E-state index contributed by atoms with van der Waals surface area (Å²) >= 11 is 3.37. The third-order valence-corrected chi connectivity index (χ3v) is 2.27. The number of nitrogens with zero attached hydrogens (tertiary/aromatic N) is 2. The zero-order valence-corrected chi connectivity index (χ0v) is 7.67. The van der Waals surface area contributed by atoms with Gasteiger partial charge in [-0.05, 0) is 0 Å². The molecule has 60 valence electrons. The van der Waals surface area contributed by atoms with Crippen molar-refractivity contribution in [1.29, 1.82) is 5.26 Å². The predicted molar refractivity (Wildman–Crippen MR) is 44.1 cm³/mol. The highest BCUT2D eigenvalue weighted by molar-refractivity contribution is 9.09. The highest BCUT2D eigenvalue weighted by atomic mass is 79.9. The van der Waals surface area contributed by atoms with Gasteiger partial charge in [-0.2, -0.15) is 5.26 Å². The van der Waals surface area contributed by atoms with Crippen molar-refractivity contribution >= 4 is 21.8 Å². The van der Waals surface area contributed by atoms with E-state index in [9.17, 15) is 4.79 Å². The highest BCUT2D eigenvalue weighted by Crippen LogP contribution is 2.17. The fourth-order valence-corrected chi connectivity index (χ4v) is 1.75. The lowest BCUT2D eigenvalue weighted by atomic mass is 10.4. The first-order valence-corrected chi connectivity index (χ1v) is 4.44. The Bertz CT molecular complexity index is 199. The highest BCUT2D eigenvalue weighted by Gasteiger charge is 2.26. The molecule has 0 radical (unpaired) electrons. The smallest absolute Gasteiger partial charge is 0.223 e. The van der Waals surface area contributed by atoms with Crippen molar-refractivity contribution in [1.82, 2.24) is 4.90 Å². The van der Waals surface area contributed by atoms with E-state index in [4.69, 9.17) is 5.26 Å². The summed E-state index contributed by atoms with van der Waals surface area (Å²) in [6.07, 6.45) is 1.01. The second kappa shape index (κ2) is 3.72. The quantitative estimate of drug-likeness (QED) is 0.645. The molecule has 1 rings (SSSR count). The number of rotatable bonds is 2. The SMILES string of the molecule is N#CCCN1CC(Br)CC1=O. The van der Waals surface area contributed by atoms with Crippen LogP contribution in [0.1, 0.15) is 12.8 Å². The average Bonchev–Trinajstić information content (AvgIpc) is 2.26. The van der Waals surface area contributed by atoms with Crippen molar-refractivity contribution in [3.8, 4) is 6.07 Å².